The number of hydrogen-bond donors (Lipinski definition) is 1. The van der Waals surface area contributed by atoms with E-state index < -0.39 is 19.1 Å². The van der Waals surface area contributed by atoms with Gasteiger partial charge in [0.05, 0.1) is 5.69 Å². The van der Waals surface area contributed by atoms with Gasteiger partial charge in [0.1, 0.15) is 29.4 Å². The number of halogens is 2. The molecule has 4 heterocycles. The number of carbonyl (C=O) groups excluding carboxylic acids is 1. The summed E-state index contributed by atoms with van der Waals surface area (Å²) in [7, 11) is 0. The Morgan fingerprint density at radius 2 is 1.60 bits per heavy atom. The summed E-state index contributed by atoms with van der Waals surface area (Å²) in [6.07, 6.45) is 4.21. The number of hydrogen-bond acceptors (Lipinski definition) is 7. The van der Waals surface area contributed by atoms with Crippen LogP contribution < -0.4 is 14.8 Å². The SMILES string of the molecule is O=C(NC1CCN(Cc2ccc(OCF)cc2)CC1)c1cc2cc(O[C@@H]3CCN(Cc4ccc(-n5cccn5)cc4)C[C@H]3F)ccc2o1. The molecule has 0 saturated carbocycles. The number of alkyl halides is 2. The summed E-state index contributed by atoms with van der Waals surface area (Å²) in [6, 6.07) is 24.6. The lowest BCUT2D eigenvalue weighted by Crippen LogP contribution is -2.46. The first-order chi connectivity index (χ1) is 23.5. The summed E-state index contributed by atoms with van der Waals surface area (Å²) in [6.45, 7) is 3.35. The Labute approximate surface area is 278 Å². The molecule has 2 aromatic heterocycles. The third kappa shape index (κ3) is 7.69. The molecule has 5 aromatic rings. The van der Waals surface area contributed by atoms with Crippen LogP contribution in [0, 0.1) is 0 Å². The van der Waals surface area contributed by atoms with E-state index in [1.165, 1.54) is 0 Å². The van der Waals surface area contributed by atoms with Crippen LogP contribution in [-0.4, -0.2) is 76.8 Å². The maximum Gasteiger partial charge on any atom is 0.287 e. The van der Waals surface area contributed by atoms with Crippen LogP contribution in [0.1, 0.15) is 40.9 Å². The number of nitrogens with zero attached hydrogens (tertiary/aromatic N) is 4. The van der Waals surface area contributed by atoms with E-state index in [1.54, 1.807) is 36.5 Å². The summed E-state index contributed by atoms with van der Waals surface area (Å²) >= 11 is 0. The zero-order valence-corrected chi connectivity index (χ0v) is 26.6. The smallest absolute Gasteiger partial charge is 0.287 e. The van der Waals surface area contributed by atoms with Gasteiger partial charge >= 0.3 is 0 Å². The fraction of sp³-hybridized carbons (Fsp3) is 0.351. The van der Waals surface area contributed by atoms with Crippen molar-refractivity contribution in [1.29, 1.82) is 0 Å². The first kappa shape index (κ1) is 31.8. The van der Waals surface area contributed by atoms with Gasteiger partial charge in [0.15, 0.2) is 5.76 Å². The number of aromatic nitrogens is 2. The average Bonchev–Trinajstić information content (AvgIpc) is 3.79. The van der Waals surface area contributed by atoms with E-state index in [2.05, 4.69) is 32.3 Å². The van der Waals surface area contributed by atoms with E-state index in [-0.39, 0.29) is 17.7 Å². The Balaban J connectivity index is 0.875. The Morgan fingerprint density at radius 1 is 0.896 bits per heavy atom. The number of nitrogens with one attached hydrogen (secondary N) is 1. The van der Waals surface area contributed by atoms with E-state index in [0.717, 1.165) is 61.2 Å². The molecule has 3 aromatic carbocycles. The van der Waals surface area contributed by atoms with Crippen molar-refractivity contribution >= 4 is 16.9 Å². The second kappa shape index (κ2) is 14.6. The Kier molecular flexibility index (Phi) is 9.67. The number of amides is 1. The highest BCUT2D eigenvalue weighted by molar-refractivity contribution is 5.96. The normalized spacial score (nSPS) is 19.4. The molecule has 2 aliphatic heterocycles. The van der Waals surface area contributed by atoms with Crippen molar-refractivity contribution in [3.63, 3.8) is 0 Å². The average molecular weight is 656 g/mol. The summed E-state index contributed by atoms with van der Waals surface area (Å²) in [5, 5.41) is 8.11. The number of carbonyl (C=O) groups is 1. The van der Waals surface area contributed by atoms with Gasteiger partial charge in [-0.1, -0.05) is 24.3 Å². The van der Waals surface area contributed by atoms with Gasteiger partial charge in [0.25, 0.3) is 5.91 Å². The van der Waals surface area contributed by atoms with Crippen molar-refractivity contribution in [1.82, 2.24) is 24.9 Å². The van der Waals surface area contributed by atoms with E-state index >= 15 is 4.39 Å². The minimum absolute atomic E-state index is 0.0509. The highest BCUT2D eigenvalue weighted by Crippen LogP contribution is 2.28. The van der Waals surface area contributed by atoms with Crippen molar-refractivity contribution in [3.05, 3.63) is 108 Å². The zero-order valence-electron chi connectivity index (χ0n) is 26.6. The van der Waals surface area contributed by atoms with Crippen molar-refractivity contribution in [2.24, 2.45) is 0 Å². The predicted molar refractivity (Wildman–Crippen MR) is 178 cm³/mol. The molecular formula is C37H39F2N5O4. The third-order valence-corrected chi connectivity index (χ3v) is 9.15. The largest absolute Gasteiger partial charge is 0.487 e. The molecule has 11 heteroatoms. The lowest BCUT2D eigenvalue weighted by Gasteiger charge is -2.34. The quantitative estimate of drug-likeness (QED) is 0.179. The van der Waals surface area contributed by atoms with Gasteiger partial charge in [-0.05, 0) is 85.0 Å². The minimum Gasteiger partial charge on any atom is -0.487 e. The van der Waals surface area contributed by atoms with Crippen LogP contribution in [0.5, 0.6) is 11.5 Å². The van der Waals surface area contributed by atoms with Crippen molar-refractivity contribution in [3.8, 4) is 17.2 Å². The molecule has 0 unspecified atom stereocenters. The van der Waals surface area contributed by atoms with Crippen LogP contribution in [0.3, 0.4) is 0 Å². The molecular weight excluding hydrogens is 616 g/mol. The van der Waals surface area contributed by atoms with Crippen LogP contribution in [0.15, 0.2) is 95.7 Å². The Morgan fingerprint density at radius 3 is 2.31 bits per heavy atom. The molecule has 1 amide bonds. The number of piperidine rings is 2. The van der Waals surface area contributed by atoms with E-state index in [4.69, 9.17) is 13.9 Å². The summed E-state index contributed by atoms with van der Waals surface area (Å²) < 4.78 is 46.3. The van der Waals surface area contributed by atoms with E-state index in [9.17, 15) is 9.18 Å². The second-order valence-electron chi connectivity index (χ2n) is 12.5. The van der Waals surface area contributed by atoms with Crippen molar-refractivity contribution < 1.29 is 27.5 Å². The van der Waals surface area contributed by atoms with Crippen LogP contribution >= 0.6 is 0 Å². The van der Waals surface area contributed by atoms with Gasteiger partial charge in [-0.25, -0.2) is 13.5 Å². The summed E-state index contributed by atoms with van der Waals surface area (Å²) in [5.74, 6) is 1.07. The Bertz CT molecular complexity index is 1790. The monoisotopic (exact) mass is 655 g/mol. The highest BCUT2D eigenvalue weighted by Gasteiger charge is 2.31. The molecule has 7 rings (SSSR count). The summed E-state index contributed by atoms with van der Waals surface area (Å²) in [4.78, 5) is 17.5. The maximum atomic E-state index is 15.3. The zero-order chi connectivity index (χ0) is 32.9. The number of ether oxygens (including phenoxy) is 2. The standard InChI is InChI=1S/C37H39F2N5O4/c38-25-46-31-8-4-27(5-9-31)22-42-17-12-29(13-18-42)41-37(45)36-21-28-20-32(10-11-34(28)48-36)47-35-14-19-43(24-33(35)39)23-26-2-6-30(7-3-26)44-16-1-15-40-44/h1-11,15-16,20-21,29,33,35H,12-14,17-19,22-25H2,(H,41,45)/t33-,35-/m1/s1. The van der Waals surface area contributed by atoms with Crippen LogP contribution in [0.4, 0.5) is 8.78 Å². The highest BCUT2D eigenvalue weighted by atomic mass is 19.1. The number of benzene rings is 3. The fourth-order valence-corrected chi connectivity index (χ4v) is 6.54. The van der Waals surface area contributed by atoms with Gasteiger partial charge in [-0.15, -0.1) is 0 Å². The number of rotatable bonds is 11. The summed E-state index contributed by atoms with van der Waals surface area (Å²) in [5.41, 5.74) is 3.82. The number of fused-ring (bicyclic) bond motifs is 1. The molecule has 9 nitrogen and oxygen atoms in total. The van der Waals surface area contributed by atoms with Crippen molar-refractivity contribution in [2.45, 2.75) is 50.7 Å². The van der Waals surface area contributed by atoms with Gasteiger partial charge in [0, 0.05) is 63.1 Å². The lowest BCUT2D eigenvalue weighted by atomic mass is 10.0. The molecule has 2 fully saturated rings. The van der Waals surface area contributed by atoms with Gasteiger partial charge in [0.2, 0.25) is 6.86 Å². The molecule has 2 saturated heterocycles. The second-order valence-corrected chi connectivity index (χ2v) is 12.5. The fourth-order valence-electron chi connectivity index (χ4n) is 6.54. The first-order valence-electron chi connectivity index (χ1n) is 16.5. The van der Waals surface area contributed by atoms with E-state index in [1.807, 2.05) is 47.3 Å². The van der Waals surface area contributed by atoms with Crippen LogP contribution in [0.25, 0.3) is 16.7 Å². The van der Waals surface area contributed by atoms with Gasteiger partial charge in [-0.3, -0.25) is 14.6 Å². The molecule has 1 N–H and O–H groups in total. The molecule has 0 aliphatic carbocycles. The maximum absolute atomic E-state index is 15.3. The lowest BCUT2D eigenvalue weighted by molar-refractivity contribution is 0.0191. The molecule has 48 heavy (non-hydrogen) atoms. The van der Waals surface area contributed by atoms with Crippen LogP contribution in [-0.2, 0) is 13.1 Å². The molecule has 0 spiro atoms. The van der Waals surface area contributed by atoms with Crippen molar-refractivity contribution in [2.75, 3.05) is 33.0 Å². The number of furan rings is 1. The molecule has 2 aliphatic rings. The molecule has 0 bridgehead atoms. The number of likely N-dealkylation sites (tertiary alicyclic amines) is 2. The molecule has 0 radical (unpaired) electrons. The first-order valence-corrected chi connectivity index (χ1v) is 16.5. The Hall–Kier alpha value is -4.74. The topological polar surface area (TPSA) is 85.0 Å². The molecule has 250 valence electrons. The predicted octanol–water partition coefficient (Wildman–Crippen LogP) is 6.31. The molecule has 2 atom stereocenters. The van der Waals surface area contributed by atoms with E-state index in [0.29, 0.717) is 36.6 Å². The van der Waals surface area contributed by atoms with Crippen LogP contribution in [0.2, 0.25) is 0 Å². The van der Waals surface area contributed by atoms with Gasteiger partial charge in [-0.2, -0.15) is 5.10 Å². The third-order valence-electron chi connectivity index (χ3n) is 9.15. The van der Waals surface area contributed by atoms with Gasteiger partial charge < -0.3 is 19.2 Å². The minimum atomic E-state index is -1.13.